The lowest BCUT2D eigenvalue weighted by Crippen LogP contribution is -2.48. The van der Waals surface area contributed by atoms with E-state index in [1.165, 1.54) is 51.6 Å². The van der Waals surface area contributed by atoms with Crippen LogP contribution in [0.2, 0.25) is 0 Å². The molecule has 94 valence electrons. The topological polar surface area (TPSA) is 38.5 Å². The molecule has 2 unspecified atom stereocenters. The Kier molecular flexibility index (Phi) is 5.07. The summed E-state index contributed by atoms with van der Waals surface area (Å²) >= 11 is 0. The van der Waals surface area contributed by atoms with Crippen molar-refractivity contribution in [2.24, 2.45) is 11.7 Å². The molecule has 0 radical (unpaired) electrons. The van der Waals surface area contributed by atoms with Crippen molar-refractivity contribution in [1.29, 1.82) is 0 Å². The Morgan fingerprint density at radius 2 is 1.88 bits per heavy atom. The van der Waals surface area contributed by atoms with Crippen LogP contribution in [0.15, 0.2) is 0 Å². The zero-order valence-electron chi connectivity index (χ0n) is 10.4. The van der Waals surface area contributed by atoms with Gasteiger partial charge in [-0.25, -0.2) is 0 Å². The maximum Gasteiger partial charge on any atom is 0.0509 e. The number of nitrogens with two attached hydrogens (primary N) is 1. The van der Waals surface area contributed by atoms with Gasteiger partial charge in [0.15, 0.2) is 0 Å². The van der Waals surface area contributed by atoms with Crippen molar-refractivity contribution in [1.82, 2.24) is 4.90 Å². The summed E-state index contributed by atoms with van der Waals surface area (Å²) in [5.74, 6) is 0.678. The Balaban J connectivity index is 1.90. The molecule has 0 aromatic rings. The van der Waals surface area contributed by atoms with Gasteiger partial charge >= 0.3 is 0 Å². The molecule has 0 aromatic carbocycles. The summed E-state index contributed by atoms with van der Waals surface area (Å²) in [6.45, 7) is 5.18. The molecule has 0 aliphatic carbocycles. The van der Waals surface area contributed by atoms with Crippen molar-refractivity contribution < 1.29 is 4.74 Å². The second-order valence-corrected chi connectivity index (χ2v) is 5.23. The monoisotopic (exact) mass is 226 g/mol. The first-order chi connectivity index (χ1) is 7.92. The van der Waals surface area contributed by atoms with E-state index in [-0.39, 0.29) is 0 Å². The predicted octanol–water partition coefficient (Wildman–Crippen LogP) is 1.62. The summed E-state index contributed by atoms with van der Waals surface area (Å²) in [6, 6.07) is 0.568. The number of likely N-dealkylation sites (tertiary alicyclic amines) is 1. The average Bonchev–Trinajstić information content (AvgIpc) is 2.61. The van der Waals surface area contributed by atoms with Crippen LogP contribution in [-0.2, 0) is 4.74 Å². The largest absolute Gasteiger partial charge is 0.381 e. The minimum absolute atomic E-state index is 0.568. The minimum atomic E-state index is 0.568. The molecule has 2 rings (SSSR count). The number of hydrogen-bond donors (Lipinski definition) is 1. The van der Waals surface area contributed by atoms with Crippen LogP contribution in [0.1, 0.15) is 38.5 Å². The van der Waals surface area contributed by atoms with Crippen LogP contribution in [0, 0.1) is 5.92 Å². The molecule has 2 saturated heterocycles. The standard InChI is InChI=1S/C13H26N2O/c14-10-13(12-6-5-9-16-11-12)15-7-3-1-2-4-8-15/h12-13H,1-11,14H2. The fourth-order valence-electron chi connectivity index (χ4n) is 3.14. The molecule has 2 N–H and O–H groups in total. The van der Waals surface area contributed by atoms with E-state index in [0.717, 1.165) is 19.8 Å². The highest BCUT2D eigenvalue weighted by Gasteiger charge is 2.28. The number of nitrogens with zero attached hydrogens (tertiary/aromatic N) is 1. The summed E-state index contributed by atoms with van der Waals surface area (Å²) in [7, 11) is 0. The molecular weight excluding hydrogens is 200 g/mol. The Morgan fingerprint density at radius 1 is 1.12 bits per heavy atom. The third-order valence-corrected chi connectivity index (χ3v) is 4.09. The summed E-state index contributed by atoms with van der Waals surface area (Å²) in [6.07, 6.45) is 8.02. The van der Waals surface area contributed by atoms with E-state index >= 15 is 0 Å². The molecule has 3 nitrogen and oxygen atoms in total. The van der Waals surface area contributed by atoms with Crippen LogP contribution in [-0.4, -0.2) is 43.8 Å². The van der Waals surface area contributed by atoms with E-state index in [0.29, 0.717) is 12.0 Å². The van der Waals surface area contributed by atoms with Gasteiger partial charge in [-0.15, -0.1) is 0 Å². The van der Waals surface area contributed by atoms with Crippen LogP contribution < -0.4 is 5.73 Å². The van der Waals surface area contributed by atoms with Gasteiger partial charge in [-0.2, -0.15) is 0 Å². The highest BCUT2D eigenvalue weighted by molar-refractivity contribution is 4.83. The second-order valence-electron chi connectivity index (χ2n) is 5.23. The van der Waals surface area contributed by atoms with Crippen LogP contribution in [0.25, 0.3) is 0 Å². The normalized spacial score (nSPS) is 30.9. The number of ether oxygens (including phenoxy) is 1. The molecule has 0 spiro atoms. The second kappa shape index (κ2) is 6.58. The molecule has 2 fully saturated rings. The van der Waals surface area contributed by atoms with Crippen LogP contribution in [0.4, 0.5) is 0 Å². The van der Waals surface area contributed by atoms with Gasteiger partial charge in [0.1, 0.15) is 0 Å². The van der Waals surface area contributed by atoms with Crippen molar-refractivity contribution in [3.05, 3.63) is 0 Å². The first-order valence-electron chi connectivity index (χ1n) is 6.93. The molecule has 0 saturated carbocycles. The predicted molar refractivity (Wildman–Crippen MR) is 66.4 cm³/mol. The molecule has 2 aliphatic rings. The van der Waals surface area contributed by atoms with Gasteiger partial charge in [0.2, 0.25) is 0 Å². The fourth-order valence-corrected chi connectivity index (χ4v) is 3.14. The zero-order chi connectivity index (χ0) is 11.2. The van der Waals surface area contributed by atoms with E-state index in [2.05, 4.69) is 4.90 Å². The summed E-state index contributed by atoms with van der Waals surface area (Å²) in [4.78, 5) is 2.63. The van der Waals surface area contributed by atoms with Gasteiger partial charge in [-0.3, -0.25) is 4.90 Å². The van der Waals surface area contributed by atoms with Gasteiger partial charge in [-0.05, 0) is 44.7 Å². The summed E-state index contributed by atoms with van der Waals surface area (Å²) in [5.41, 5.74) is 5.99. The number of hydrogen-bond acceptors (Lipinski definition) is 3. The van der Waals surface area contributed by atoms with Crippen molar-refractivity contribution in [2.45, 2.75) is 44.6 Å². The maximum absolute atomic E-state index is 5.99. The molecule has 0 amide bonds. The third kappa shape index (κ3) is 3.19. The maximum atomic E-state index is 5.99. The first kappa shape index (κ1) is 12.3. The van der Waals surface area contributed by atoms with Crippen LogP contribution >= 0.6 is 0 Å². The van der Waals surface area contributed by atoms with Crippen molar-refractivity contribution >= 4 is 0 Å². The molecule has 0 aromatic heterocycles. The van der Waals surface area contributed by atoms with E-state index in [1.807, 2.05) is 0 Å². The van der Waals surface area contributed by atoms with E-state index < -0.39 is 0 Å². The zero-order valence-corrected chi connectivity index (χ0v) is 10.4. The van der Waals surface area contributed by atoms with Gasteiger partial charge < -0.3 is 10.5 Å². The molecule has 3 heteroatoms. The molecule has 0 bridgehead atoms. The van der Waals surface area contributed by atoms with Gasteiger partial charge in [0.05, 0.1) is 6.61 Å². The Morgan fingerprint density at radius 3 is 2.44 bits per heavy atom. The highest BCUT2D eigenvalue weighted by Crippen LogP contribution is 2.23. The van der Waals surface area contributed by atoms with E-state index in [9.17, 15) is 0 Å². The van der Waals surface area contributed by atoms with Crippen LogP contribution in [0.3, 0.4) is 0 Å². The third-order valence-electron chi connectivity index (χ3n) is 4.09. The average molecular weight is 226 g/mol. The lowest BCUT2D eigenvalue weighted by molar-refractivity contribution is 0.0119. The van der Waals surface area contributed by atoms with Gasteiger partial charge in [0.25, 0.3) is 0 Å². The molecule has 2 atom stereocenters. The quantitative estimate of drug-likeness (QED) is 0.794. The van der Waals surface area contributed by atoms with Crippen molar-refractivity contribution in [3.63, 3.8) is 0 Å². The highest BCUT2D eigenvalue weighted by atomic mass is 16.5. The smallest absolute Gasteiger partial charge is 0.0509 e. The van der Waals surface area contributed by atoms with Gasteiger partial charge in [-0.1, -0.05) is 12.8 Å². The van der Waals surface area contributed by atoms with E-state index in [4.69, 9.17) is 10.5 Å². The minimum Gasteiger partial charge on any atom is -0.381 e. The Labute approximate surface area is 99.3 Å². The molecule has 2 heterocycles. The Hall–Kier alpha value is -0.120. The molecule has 16 heavy (non-hydrogen) atoms. The summed E-state index contributed by atoms with van der Waals surface area (Å²) in [5, 5.41) is 0. The van der Waals surface area contributed by atoms with E-state index in [1.54, 1.807) is 0 Å². The van der Waals surface area contributed by atoms with Crippen molar-refractivity contribution in [3.8, 4) is 0 Å². The molecule has 2 aliphatic heterocycles. The molecular formula is C13H26N2O. The number of rotatable bonds is 3. The summed E-state index contributed by atoms with van der Waals surface area (Å²) < 4.78 is 5.60. The van der Waals surface area contributed by atoms with Crippen LogP contribution in [0.5, 0.6) is 0 Å². The fraction of sp³-hybridized carbons (Fsp3) is 1.00. The lowest BCUT2D eigenvalue weighted by Gasteiger charge is -2.37. The lowest BCUT2D eigenvalue weighted by atomic mass is 9.92. The first-order valence-corrected chi connectivity index (χ1v) is 6.93. The van der Waals surface area contributed by atoms with Crippen molar-refractivity contribution in [2.75, 3.05) is 32.8 Å². The Bertz CT molecular complexity index is 184. The van der Waals surface area contributed by atoms with Gasteiger partial charge in [0, 0.05) is 19.2 Å². The SMILES string of the molecule is NCC(C1CCCOC1)N1CCCCCC1.